The number of carbonyl (C=O) groups excluding carboxylic acids is 1. The molecule has 2 aliphatic heterocycles. The molecule has 2 atom stereocenters. The summed E-state index contributed by atoms with van der Waals surface area (Å²) < 4.78 is 11.4. The van der Waals surface area contributed by atoms with Crippen LogP contribution in [0.25, 0.3) is 0 Å². The first-order chi connectivity index (χ1) is 10.1. The largest absolute Gasteiger partial charge is 0.490 e. The van der Waals surface area contributed by atoms with Crippen molar-refractivity contribution in [1.29, 1.82) is 0 Å². The first-order valence-electron chi connectivity index (χ1n) is 7.54. The molecule has 3 rings (SSSR count). The molecule has 0 spiro atoms. The van der Waals surface area contributed by atoms with Crippen LogP contribution in [0, 0.1) is 0 Å². The Morgan fingerprint density at radius 3 is 2.67 bits per heavy atom. The molecule has 2 aliphatic rings. The lowest BCUT2D eigenvalue weighted by atomic mass is 9.99. The third-order valence-electron chi connectivity index (χ3n) is 4.07. The van der Waals surface area contributed by atoms with Gasteiger partial charge in [-0.05, 0) is 31.5 Å². The van der Waals surface area contributed by atoms with E-state index in [0.29, 0.717) is 19.6 Å². The van der Waals surface area contributed by atoms with E-state index >= 15 is 0 Å². The molecule has 1 amide bonds. The van der Waals surface area contributed by atoms with Gasteiger partial charge in [-0.25, -0.2) is 0 Å². The van der Waals surface area contributed by atoms with E-state index in [0.717, 1.165) is 23.5 Å². The minimum absolute atomic E-state index is 0.0883. The van der Waals surface area contributed by atoms with Gasteiger partial charge in [0, 0.05) is 24.9 Å². The number of carbonyl (C=O) groups is 1. The number of ether oxygens (including phenoxy) is 2. The zero-order chi connectivity index (χ0) is 15.0. The molecule has 2 N–H and O–H groups in total. The summed E-state index contributed by atoms with van der Waals surface area (Å²) in [5.74, 6) is 1.64. The molecule has 5 heteroatoms. The summed E-state index contributed by atoms with van der Waals surface area (Å²) in [6, 6.07) is 5.75. The van der Waals surface area contributed by atoms with Crippen LogP contribution in [0.3, 0.4) is 0 Å². The molecule has 1 aromatic rings. The fourth-order valence-corrected chi connectivity index (χ4v) is 3.16. The Balaban J connectivity index is 1.95. The molecule has 114 valence electrons. The zero-order valence-electron chi connectivity index (χ0n) is 12.5. The Hall–Kier alpha value is -1.75. The summed E-state index contributed by atoms with van der Waals surface area (Å²) in [6.07, 6.45) is 1.28. The van der Waals surface area contributed by atoms with Gasteiger partial charge in [0.15, 0.2) is 11.5 Å². The quantitative estimate of drug-likeness (QED) is 0.903. The molecule has 1 aromatic carbocycles. The Morgan fingerprint density at radius 1 is 1.24 bits per heavy atom. The average molecular weight is 290 g/mol. The summed E-state index contributed by atoms with van der Waals surface area (Å²) in [4.78, 5) is 14.0. The lowest BCUT2D eigenvalue weighted by molar-refractivity contribution is -0.130. The van der Waals surface area contributed by atoms with E-state index in [4.69, 9.17) is 15.2 Å². The van der Waals surface area contributed by atoms with Crippen molar-refractivity contribution in [2.45, 2.75) is 44.8 Å². The monoisotopic (exact) mass is 290 g/mol. The van der Waals surface area contributed by atoms with Crippen LogP contribution in [-0.4, -0.2) is 36.1 Å². The van der Waals surface area contributed by atoms with Gasteiger partial charge in [-0.2, -0.15) is 0 Å². The van der Waals surface area contributed by atoms with Crippen LogP contribution in [0.2, 0.25) is 0 Å². The van der Waals surface area contributed by atoms with Crippen molar-refractivity contribution in [1.82, 2.24) is 4.90 Å². The molecule has 0 aromatic heterocycles. The number of hydrogen-bond acceptors (Lipinski definition) is 4. The first-order valence-corrected chi connectivity index (χ1v) is 7.54. The maximum absolute atomic E-state index is 12.1. The first kappa shape index (κ1) is 14.2. The molecule has 0 aliphatic carbocycles. The maximum atomic E-state index is 12.1. The van der Waals surface area contributed by atoms with Gasteiger partial charge in [-0.3, -0.25) is 4.79 Å². The lowest BCUT2D eigenvalue weighted by Crippen LogP contribution is -2.37. The average Bonchev–Trinajstić information content (AvgIpc) is 2.62. The predicted octanol–water partition coefficient (Wildman–Crippen LogP) is 1.86. The minimum atomic E-state index is -0.176. The molecular weight excluding hydrogens is 268 g/mol. The van der Waals surface area contributed by atoms with Crippen molar-refractivity contribution in [2.24, 2.45) is 5.73 Å². The summed E-state index contributed by atoms with van der Waals surface area (Å²) in [6.45, 7) is 5.36. The summed E-state index contributed by atoms with van der Waals surface area (Å²) in [7, 11) is 0. The highest BCUT2D eigenvalue weighted by atomic mass is 16.5. The Kier molecular flexibility index (Phi) is 3.76. The van der Waals surface area contributed by atoms with Crippen LogP contribution in [0.1, 0.15) is 38.3 Å². The number of amides is 1. The second kappa shape index (κ2) is 5.56. The van der Waals surface area contributed by atoms with Gasteiger partial charge in [0.2, 0.25) is 5.91 Å². The number of benzene rings is 1. The van der Waals surface area contributed by atoms with Crippen molar-refractivity contribution >= 4 is 5.91 Å². The number of nitrogens with zero attached hydrogens (tertiary/aromatic N) is 1. The molecule has 2 heterocycles. The van der Waals surface area contributed by atoms with Gasteiger partial charge in [-0.15, -0.1) is 0 Å². The SMILES string of the molecule is CC(C)N1C(=O)CC(N)C1c1ccc2c(c1)OCCCO2. The Labute approximate surface area is 125 Å². The Bertz CT molecular complexity index is 544. The Morgan fingerprint density at radius 2 is 1.95 bits per heavy atom. The summed E-state index contributed by atoms with van der Waals surface area (Å²) in [5.41, 5.74) is 7.22. The van der Waals surface area contributed by atoms with Crippen LogP contribution < -0.4 is 15.2 Å². The summed E-state index contributed by atoms with van der Waals surface area (Å²) in [5, 5.41) is 0. The highest BCUT2D eigenvalue weighted by molar-refractivity contribution is 5.80. The third-order valence-corrected chi connectivity index (χ3v) is 4.07. The lowest BCUT2D eigenvalue weighted by Gasteiger charge is -2.31. The fraction of sp³-hybridized carbons (Fsp3) is 0.562. The second-order valence-electron chi connectivity index (χ2n) is 5.96. The van der Waals surface area contributed by atoms with Gasteiger partial charge in [0.05, 0.1) is 19.3 Å². The molecule has 0 radical (unpaired) electrons. The maximum Gasteiger partial charge on any atom is 0.225 e. The fourth-order valence-electron chi connectivity index (χ4n) is 3.16. The van der Waals surface area contributed by atoms with Crippen LogP contribution in [0.15, 0.2) is 18.2 Å². The van der Waals surface area contributed by atoms with Gasteiger partial charge >= 0.3 is 0 Å². The molecule has 0 saturated carbocycles. The number of fused-ring (bicyclic) bond motifs is 1. The van der Waals surface area contributed by atoms with Gasteiger partial charge < -0.3 is 20.1 Å². The molecule has 0 bridgehead atoms. The third kappa shape index (κ3) is 2.58. The topological polar surface area (TPSA) is 64.8 Å². The van der Waals surface area contributed by atoms with E-state index in [9.17, 15) is 4.79 Å². The van der Waals surface area contributed by atoms with Crippen molar-refractivity contribution in [2.75, 3.05) is 13.2 Å². The highest BCUT2D eigenvalue weighted by Gasteiger charge is 2.40. The number of nitrogens with two attached hydrogens (primary N) is 1. The van der Waals surface area contributed by atoms with Crippen molar-refractivity contribution in [3.63, 3.8) is 0 Å². The van der Waals surface area contributed by atoms with Crippen molar-refractivity contribution in [3.05, 3.63) is 23.8 Å². The van der Waals surface area contributed by atoms with Crippen LogP contribution in [-0.2, 0) is 4.79 Å². The van der Waals surface area contributed by atoms with E-state index in [1.807, 2.05) is 36.9 Å². The molecule has 1 saturated heterocycles. The number of rotatable bonds is 2. The van der Waals surface area contributed by atoms with Crippen LogP contribution in [0.4, 0.5) is 0 Å². The van der Waals surface area contributed by atoms with E-state index in [1.165, 1.54) is 0 Å². The molecule has 1 fully saturated rings. The summed E-state index contributed by atoms with van der Waals surface area (Å²) >= 11 is 0. The standard InChI is InChI=1S/C16H22N2O3/c1-10(2)18-15(19)9-12(17)16(18)11-4-5-13-14(8-11)21-7-3-6-20-13/h4-5,8,10,12,16H,3,6-7,9,17H2,1-2H3. The van der Waals surface area contributed by atoms with E-state index < -0.39 is 0 Å². The molecule has 2 unspecified atom stereocenters. The minimum Gasteiger partial charge on any atom is -0.490 e. The van der Waals surface area contributed by atoms with Gasteiger partial charge in [0.25, 0.3) is 0 Å². The number of likely N-dealkylation sites (tertiary alicyclic amines) is 1. The van der Waals surface area contributed by atoms with Gasteiger partial charge in [-0.1, -0.05) is 6.07 Å². The predicted molar refractivity (Wildman–Crippen MR) is 79.4 cm³/mol. The second-order valence-corrected chi connectivity index (χ2v) is 5.96. The molecule has 5 nitrogen and oxygen atoms in total. The van der Waals surface area contributed by atoms with E-state index in [1.54, 1.807) is 0 Å². The van der Waals surface area contributed by atoms with Crippen LogP contribution in [0.5, 0.6) is 11.5 Å². The number of hydrogen-bond donors (Lipinski definition) is 1. The van der Waals surface area contributed by atoms with E-state index in [-0.39, 0.29) is 24.0 Å². The smallest absolute Gasteiger partial charge is 0.225 e. The normalized spacial score (nSPS) is 25.3. The van der Waals surface area contributed by atoms with Crippen molar-refractivity contribution in [3.8, 4) is 11.5 Å². The van der Waals surface area contributed by atoms with Gasteiger partial charge in [0.1, 0.15) is 0 Å². The molecular formula is C16H22N2O3. The van der Waals surface area contributed by atoms with Crippen molar-refractivity contribution < 1.29 is 14.3 Å². The van der Waals surface area contributed by atoms with E-state index in [2.05, 4.69) is 0 Å². The highest BCUT2D eigenvalue weighted by Crippen LogP contribution is 2.38. The molecule has 21 heavy (non-hydrogen) atoms. The van der Waals surface area contributed by atoms with Crippen LogP contribution >= 0.6 is 0 Å². The zero-order valence-corrected chi connectivity index (χ0v) is 12.5.